The SMILES string of the molecule is CCCCCC/C=C\CCC(O)C(=O)NC(CO)C(O)CCCCCCCCCCCCCCCC. The van der Waals surface area contributed by atoms with Gasteiger partial charge in [0.25, 0.3) is 0 Å². The molecule has 0 aromatic carbocycles. The van der Waals surface area contributed by atoms with E-state index in [1.165, 1.54) is 103 Å². The zero-order valence-corrected chi connectivity index (χ0v) is 23.9. The van der Waals surface area contributed by atoms with E-state index >= 15 is 0 Å². The normalized spacial score (nSPS) is 14.2. The van der Waals surface area contributed by atoms with Gasteiger partial charge in [0.15, 0.2) is 0 Å². The molecule has 0 rings (SSSR count). The minimum absolute atomic E-state index is 0.324. The van der Waals surface area contributed by atoms with Gasteiger partial charge in [0, 0.05) is 0 Å². The zero-order chi connectivity index (χ0) is 26.7. The highest BCUT2D eigenvalue weighted by atomic mass is 16.3. The second-order valence-corrected chi connectivity index (χ2v) is 10.7. The molecule has 3 unspecified atom stereocenters. The summed E-state index contributed by atoms with van der Waals surface area (Å²) in [6, 6.07) is -0.719. The van der Waals surface area contributed by atoms with Crippen molar-refractivity contribution in [2.45, 2.75) is 173 Å². The maximum Gasteiger partial charge on any atom is 0.249 e. The summed E-state index contributed by atoms with van der Waals surface area (Å²) in [5.41, 5.74) is 0. The molecule has 214 valence electrons. The quantitative estimate of drug-likeness (QED) is 0.0685. The molecule has 5 heteroatoms. The van der Waals surface area contributed by atoms with E-state index in [1.807, 2.05) is 6.08 Å². The second kappa shape index (κ2) is 27.1. The fraction of sp³-hybridized carbons (Fsp3) is 0.903. The average molecular weight is 512 g/mol. The van der Waals surface area contributed by atoms with Crippen molar-refractivity contribution in [3.8, 4) is 0 Å². The molecule has 0 fully saturated rings. The van der Waals surface area contributed by atoms with Gasteiger partial charge >= 0.3 is 0 Å². The highest BCUT2D eigenvalue weighted by Crippen LogP contribution is 2.14. The molecule has 0 saturated heterocycles. The fourth-order valence-corrected chi connectivity index (χ4v) is 4.60. The lowest BCUT2D eigenvalue weighted by Gasteiger charge is -2.23. The van der Waals surface area contributed by atoms with Gasteiger partial charge in [-0.05, 0) is 32.1 Å². The average Bonchev–Trinajstić information content (AvgIpc) is 2.88. The number of rotatable bonds is 27. The Hall–Kier alpha value is -0.910. The molecule has 0 heterocycles. The number of carbonyl (C=O) groups is 1. The van der Waals surface area contributed by atoms with Crippen LogP contribution in [0.25, 0.3) is 0 Å². The molecule has 0 aromatic rings. The van der Waals surface area contributed by atoms with E-state index in [0.29, 0.717) is 19.3 Å². The molecular formula is C31H61NO4. The van der Waals surface area contributed by atoms with Crippen LogP contribution in [0.2, 0.25) is 0 Å². The van der Waals surface area contributed by atoms with Gasteiger partial charge in [-0.2, -0.15) is 0 Å². The van der Waals surface area contributed by atoms with Gasteiger partial charge in [0.05, 0.1) is 18.8 Å². The standard InChI is InChI=1S/C31H61NO4/c1-3-5-7-9-11-13-14-15-16-17-18-20-21-23-25-29(34)28(27-33)32-31(36)30(35)26-24-22-19-12-10-8-6-4-2/h19,22,28-30,33-35H,3-18,20-21,23-27H2,1-2H3,(H,32,36)/b22-19-. The first-order valence-corrected chi connectivity index (χ1v) is 15.5. The Kier molecular flexibility index (Phi) is 26.4. The van der Waals surface area contributed by atoms with Gasteiger partial charge in [-0.3, -0.25) is 4.79 Å². The maximum absolute atomic E-state index is 12.2. The fourth-order valence-electron chi connectivity index (χ4n) is 4.60. The zero-order valence-electron chi connectivity index (χ0n) is 23.9. The van der Waals surface area contributed by atoms with Crippen LogP contribution >= 0.6 is 0 Å². The summed E-state index contributed by atoms with van der Waals surface area (Å²) in [7, 11) is 0. The van der Waals surface area contributed by atoms with Crippen LogP contribution < -0.4 is 5.32 Å². The van der Waals surface area contributed by atoms with Gasteiger partial charge in [-0.15, -0.1) is 0 Å². The van der Waals surface area contributed by atoms with Gasteiger partial charge in [-0.1, -0.05) is 135 Å². The Morgan fingerprint density at radius 1 is 0.639 bits per heavy atom. The van der Waals surface area contributed by atoms with E-state index in [4.69, 9.17) is 0 Å². The monoisotopic (exact) mass is 511 g/mol. The predicted octanol–water partition coefficient (Wildman–Crippen LogP) is 7.36. The van der Waals surface area contributed by atoms with E-state index in [0.717, 1.165) is 19.3 Å². The number of carbonyl (C=O) groups excluding carboxylic acids is 1. The van der Waals surface area contributed by atoms with Crippen molar-refractivity contribution in [3.05, 3.63) is 12.2 Å². The number of unbranched alkanes of at least 4 members (excludes halogenated alkanes) is 17. The topological polar surface area (TPSA) is 89.8 Å². The lowest BCUT2D eigenvalue weighted by atomic mass is 10.0. The van der Waals surface area contributed by atoms with E-state index in [1.54, 1.807) is 0 Å². The molecule has 36 heavy (non-hydrogen) atoms. The maximum atomic E-state index is 12.2. The Bertz CT molecular complexity index is 497. The van der Waals surface area contributed by atoms with Crippen LogP contribution in [0, 0.1) is 0 Å². The van der Waals surface area contributed by atoms with Crippen molar-refractivity contribution in [2.75, 3.05) is 6.61 Å². The number of amides is 1. The lowest BCUT2D eigenvalue weighted by molar-refractivity contribution is -0.131. The molecule has 0 radical (unpaired) electrons. The van der Waals surface area contributed by atoms with Crippen LogP contribution in [0.3, 0.4) is 0 Å². The molecule has 0 spiro atoms. The highest BCUT2D eigenvalue weighted by molar-refractivity contribution is 5.80. The lowest BCUT2D eigenvalue weighted by Crippen LogP contribution is -2.49. The molecule has 0 aliphatic rings. The van der Waals surface area contributed by atoms with Crippen molar-refractivity contribution < 1.29 is 20.1 Å². The van der Waals surface area contributed by atoms with Crippen molar-refractivity contribution in [1.29, 1.82) is 0 Å². The Balaban J connectivity index is 3.76. The molecule has 0 aliphatic heterocycles. The molecule has 0 saturated carbocycles. The van der Waals surface area contributed by atoms with Gasteiger partial charge in [-0.25, -0.2) is 0 Å². The van der Waals surface area contributed by atoms with Crippen LogP contribution in [0.15, 0.2) is 12.2 Å². The number of nitrogens with one attached hydrogen (secondary N) is 1. The predicted molar refractivity (Wildman–Crippen MR) is 153 cm³/mol. The number of hydrogen-bond acceptors (Lipinski definition) is 4. The molecule has 5 nitrogen and oxygen atoms in total. The smallest absolute Gasteiger partial charge is 0.249 e. The van der Waals surface area contributed by atoms with E-state index in [2.05, 4.69) is 25.2 Å². The van der Waals surface area contributed by atoms with Crippen LogP contribution in [0.4, 0.5) is 0 Å². The highest BCUT2D eigenvalue weighted by Gasteiger charge is 2.23. The van der Waals surface area contributed by atoms with E-state index < -0.39 is 24.2 Å². The van der Waals surface area contributed by atoms with Crippen LogP contribution in [-0.2, 0) is 4.79 Å². The number of aliphatic hydroxyl groups excluding tert-OH is 3. The molecular weight excluding hydrogens is 450 g/mol. The minimum atomic E-state index is -1.11. The Morgan fingerprint density at radius 3 is 1.58 bits per heavy atom. The summed E-state index contributed by atoms with van der Waals surface area (Å²) in [5.74, 6) is -0.509. The summed E-state index contributed by atoms with van der Waals surface area (Å²) < 4.78 is 0. The number of hydrogen-bond donors (Lipinski definition) is 4. The first-order chi connectivity index (χ1) is 17.6. The van der Waals surface area contributed by atoms with Crippen LogP contribution in [0.5, 0.6) is 0 Å². The third-order valence-electron chi connectivity index (χ3n) is 7.14. The summed E-state index contributed by atoms with van der Waals surface area (Å²) >= 11 is 0. The van der Waals surface area contributed by atoms with E-state index in [9.17, 15) is 20.1 Å². The minimum Gasteiger partial charge on any atom is -0.394 e. The molecule has 0 aromatic heterocycles. The number of allylic oxidation sites excluding steroid dienone is 2. The molecule has 0 bridgehead atoms. The molecule has 3 atom stereocenters. The van der Waals surface area contributed by atoms with Crippen molar-refractivity contribution in [1.82, 2.24) is 5.32 Å². The largest absolute Gasteiger partial charge is 0.394 e. The van der Waals surface area contributed by atoms with E-state index in [-0.39, 0.29) is 6.61 Å². The second-order valence-electron chi connectivity index (χ2n) is 10.7. The summed E-state index contributed by atoms with van der Waals surface area (Å²) in [6.07, 6.45) is 27.8. The van der Waals surface area contributed by atoms with Crippen molar-refractivity contribution in [2.24, 2.45) is 0 Å². The van der Waals surface area contributed by atoms with Crippen LogP contribution in [-0.4, -0.2) is 46.1 Å². The van der Waals surface area contributed by atoms with Gasteiger partial charge in [0.1, 0.15) is 6.10 Å². The molecule has 4 N–H and O–H groups in total. The Morgan fingerprint density at radius 2 is 1.08 bits per heavy atom. The van der Waals surface area contributed by atoms with Crippen LogP contribution in [0.1, 0.15) is 155 Å². The first kappa shape index (κ1) is 35.1. The third-order valence-corrected chi connectivity index (χ3v) is 7.14. The molecule has 1 amide bonds. The summed E-state index contributed by atoms with van der Waals surface area (Å²) in [4.78, 5) is 12.2. The van der Waals surface area contributed by atoms with Gasteiger partial charge < -0.3 is 20.6 Å². The molecule has 0 aliphatic carbocycles. The number of aliphatic hydroxyl groups is 3. The van der Waals surface area contributed by atoms with Crippen molar-refractivity contribution >= 4 is 5.91 Å². The van der Waals surface area contributed by atoms with Crippen molar-refractivity contribution in [3.63, 3.8) is 0 Å². The van der Waals surface area contributed by atoms with Gasteiger partial charge in [0.2, 0.25) is 5.91 Å². The summed E-state index contributed by atoms with van der Waals surface area (Å²) in [5, 5.41) is 32.8. The third kappa shape index (κ3) is 22.3. The summed E-state index contributed by atoms with van der Waals surface area (Å²) in [6.45, 7) is 4.14. The first-order valence-electron chi connectivity index (χ1n) is 15.5. The Labute approximate surface area is 223 Å².